The molecule has 1 aliphatic carbocycles. The van der Waals surface area contributed by atoms with Crippen molar-refractivity contribution in [3.05, 3.63) is 70.9 Å². The first-order valence-electron chi connectivity index (χ1n) is 9.21. The summed E-state index contributed by atoms with van der Waals surface area (Å²) in [5.41, 5.74) is 4.03. The first-order valence-corrected chi connectivity index (χ1v) is 10.0. The lowest BCUT2D eigenvalue weighted by molar-refractivity contribution is 0.316. The topological polar surface area (TPSA) is 0 Å². The lowest BCUT2D eigenvalue weighted by Crippen LogP contribution is -2.12. The molecular weight excluding hydrogens is 327 g/mol. The Hall–Kier alpha value is -1.93. The van der Waals surface area contributed by atoms with Crippen molar-refractivity contribution in [3.63, 3.8) is 0 Å². The van der Waals surface area contributed by atoms with Crippen molar-refractivity contribution < 1.29 is 4.39 Å². The first-order chi connectivity index (χ1) is 12.2. The molecule has 2 heteroatoms. The van der Waals surface area contributed by atoms with E-state index in [0.29, 0.717) is 0 Å². The predicted octanol–water partition coefficient (Wildman–Crippen LogP) is 7.13. The van der Waals surface area contributed by atoms with Crippen LogP contribution < -0.4 is 0 Å². The zero-order chi connectivity index (χ0) is 17.2. The molecule has 0 atom stereocenters. The normalized spacial score (nSPS) is 14.5. The van der Waals surface area contributed by atoms with E-state index in [4.69, 9.17) is 0 Å². The maximum absolute atomic E-state index is 14.7. The Labute approximate surface area is 153 Å². The minimum atomic E-state index is -0.130. The highest BCUT2D eigenvalue weighted by molar-refractivity contribution is 7.15. The number of rotatable bonds is 5. The van der Waals surface area contributed by atoms with Gasteiger partial charge < -0.3 is 0 Å². The van der Waals surface area contributed by atoms with Crippen molar-refractivity contribution in [2.45, 2.75) is 39.0 Å². The van der Waals surface area contributed by atoms with Gasteiger partial charge in [0.2, 0.25) is 0 Å². The van der Waals surface area contributed by atoms with Crippen LogP contribution in [0, 0.1) is 11.7 Å². The first kappa shape index (κ1) is 16.5. The van der Waals surface area contributed by atoms with Crippen LogP contribution in [0.1, 0.15) is 36.6 Å². The summed E-state index contributed by atoms with van der Waals surface area (Å²) in [6, 6.07) is 18.3. The van der Waals surface area contributed by atoms with E-state index < -0.39 is 0 Å². The summed E-state index contributed by atoms with van der Waals surface area (Å²) < 4.78 is 14.7. The second kappa shape index (κ2) is 7.13. The van der Waals surface area contributed by atoms with Gasteiger partial charge in [0.25, 0.3) is 0 Å². The van der Waals surface area contributed by atoms with Crippen LogP contribution >= 0.6 is 11.3 Å². The van der Waals surface area contributed by atoms with Crippen molar-refractivity contribution in [2.75, 3.05) is 0 Å². The van der Waals surface area contributed by atoms with Crippen LogP contribution in [0.4, 0.5) is 4.39 Å². The van der Waals surface area contributed by atoms with E-state index in [1.54, 1.807) is 17.4 Å². The molecule has 4 rings (SSSR count). The molecule has 0 spiro atoms. The summed E-state index contributed by atoms with van der Waals surface area (Å²) >= 11 is 1.74. The molecule has 3 aromatic rings. The van der Waals surface area contributed by atoms with Crippen LogP contribution in [-0.2, 0) is 12.8 Å². The van der Waals surface area contributed by atoms with E-state index in [9.17, 15) is 4.39 Å². The third kappa shape index (κ3) is 3.55. The molecule has 1 aliphatic rings. The Morgan fingerprint density at radius 3 is 2.36 bits per heavy atom. The van der Waals surface area contributed by atoms with E-state index in [-0.39, 0.29) is 5.82 Å². The molecule has 1 aromatic heterocycles. The molecule has 0 N–H and O–H groups in total. The summed E-state index contributed by atoms with van der Waals surface area (Å²) in [5.74, 6) is 0.721. The van der Waals surface area contributed by atoms with Crippen LogP contribution in [0.25, 0.3) is 21.6 Å². The number of hydrogen-bond acceptors (Lipinski definition) is 1. The zero-order valence-corrected chi connectivity index (χ0v) is 15.4. The third-order valence-electron chi connectivity index (χ3n) is 5.31. The van der Waals surface area contributed by atoms with Gasteiger partial charge in [0.05, 0.1) is 0 Å². The maximum Gasteiger partial charge on any atom is 0.132 e. The molecule has 0 saturated heterocycles. The Balaban J connectivity index is 1.56. The molecule has 0 radical (unpaired) electrons. The minimum Gasteiger partial charge on any atom is -0.206 e. The summed E-state index contributed by atoms with van der Waals surface area (Å²) in [5, 5.41) is 0. The third-order valence-corrected chi connectivity index (χ3v) is 6.45. The van der Waals surface area contributed by atoms with Gasteiger partial charge in [-0.25, -0.2) is 4.39 Å². The van der Waals surface area contributed by atoms with Gasteiger partial charge in [-0.05, 0) is 59.7 Å². The monoisotopic (exact) mass is 350 g/mol. The maximum atomic E-state index is 14.7. The van der Waals surface area contributed by atoms with Gasteiger partial charge in [-0.15, -0.1) is 11.3 Å². The molecule has 1 fully saturated rings. The van der Waals surface area contributed by atoms with Gasteiger partial charge in [0.15, 0.2) is 0 Å². The van der Waals surface area contributed by atoms with Gasteiger partial charge in [0, 0.05) is 15.3 Å². The number of benzene rings is 2. The Morgan fingerprint density at radius 1 is 0.960 bits per heavy atom. The zero-order valence-electron chi connectivity index (χ0n) is 14.6. The molecule has 2 aromatic carbocycles. The van der Waals surface area contributed by atoms with Crippen LogP contribution in [0.15, 0.2) is 54.6 Å². The second-order valence-electron chi connectivity index (χ2n) is 7.01. The van der Waals surface area contributed by atoms with Gasteiger partial charge in [-0.3, -0.25) is 0 Å². The fraction of sp³-hybridized carbons (Fsp3) is 0.304. The van der Waals surface area contributed by atoms with Crippen molar-refractivity contribution >= 4 is 11.3 Å². The molecule has 1 saturated carbocycles. The molecular formula is C23H23FS. The number of halogens is 1. The van der Waals surface area contributed by atoms with Gasteiger partial charge in [-0.1, -0.05) is 56.5 Å². The highest BCUT2D eigenvalue weighted by Gasteiger charge is 2.19. The molecule has 0 unspecified atom stereocenters. The SMILES string of the molecule is CCc1ccc(-c2ccc(-c3ccc(CC4CCC4)s3)c(F)c2)cc1. The minimum absolute atomic E-state index is 0.130. The molecule has 1 heterocycles. The van der Waals surface area contributed by atoms with E-state index in [2.05, 4.69) is 43.3 Å². The highest BCUT2D eigenvalue weighted by Crippen LogP contribution is 2.36. The summed E-state index contributed by atoms with van der Waals surface area (Å²) in [6.45, 7) is 2.14. The standard InChI is InChI=1S/C23H23FS/c1-2-16-6-8-18(9-7-16)19-10-12-21(22(24)15-19)23-13-11-20(25-23)14-17-4-3-5-17/h6-13,15,17H,2-5,14H2,1H3. The molecule has 0 nitrogen and oxygen atoms in total. The quantitative estimate of drug-likeness (QED) is 0.459. The second-order valence-corrected chi connectivity index (χ2v) is 8.18. The molecule has 0 aliphatic heterocycles. The van der Waals surface area contributed by atoms with Crippen molar-refractivity contribution in [2.24, 2.45) is 5.92 Å². The van der Waals surface area contributed by atoms with Gasteiger partial charge >= 0.3 is 0 Å². The summed E-state index contributed by atoms with van der Waals surface area (Å²) in [4.78, 5) is 2.43. The number of thiophene rings is 1. The van der Waals surface area contributed by atoms with E-state index in [1.165, 1.54) is 29.7 Å². The van der Waals surface area contributed by atoms with Crippen LogP contribution in [0.3, 0.4) is 0 Å². The average Bonchev–Trinajstić information content (AvgIpc) is 3.06. The van der Waals surface area contributed by atoms with Crippen LogP contribution in [-0.4, -0.2) is 0 Å². The smallest absolute Gasteiger partial charge is 0.132 e. The lowest BCUT2D eigenvalue weighted by Gasteiger charge is -2.24. The number of aryl methyl sites for hydroxylation is 1. The van der Waals surface area contributed by atoms with Gasteiger partial charge in [0.1, 0.15) is 5.82 Å². The highest BCUT2D eigenvalue weighted by atomic mass is 32.1. The summed E-state index contributed by atoms with van der Waals surface area (Å²) in [7, 11) is 0. The molecule has 25 heavy (non-hydrogen) atoms. The molecule has 128 valence electrons. The van der Waals surface area contributed by atoms with Crippen molar-refractivity contribution in [1.29, 1.82) is 0 Å². The lowest BCUT2D eigenvalue weighted by atomic mass is 9.83. The Kier molecular flexibility index (Phi) is 4.72. The largest absolute Gasteiger partial charge is 0.206 e. The van der Waals surface area contributed by atoms with Crippen LogP contribution in [0.2, 0.25) is 0 Å². The number of hydrogen-bond donors (Lipinski definition) is 0. The Morgan fingerprint density at radius 2 is 1.72 bits per heavy atom. The van der Waals surface area contributed by atoms with E-state index in [1.807, 2.05) is 12.1 Å². The van der Waals surface area contributed by atoms with E-state index in [0.717, 1.165) is 40.3 Å². The van der Waals surface area contributed by atoms with E-state index >= 15 is 0 Å². The van der Waals surface area contributed by atoms with Crippen molar-refractivity contribution in [3.8, 4) is 21.6 Å². The fourth-order valence-corrected chi connectivity index (χ4v) is 4.59. The summed E-state index contributed by atoms with van der Waals surface area (Å²) in [6.07, 6.45) is 6.27. The van der Waals surface area contributed by atoms with Crippen LogP contribution in [0.5, 0.6) is 0 Å². The fourth-order valence-electron chi connectivity index (χ4n) is 3.44. The van der Waals surface area contributed by atoms with Gasteiger partial charge in [-0.2, -0.15) is 0 Å². The molecule has 0 amide bonds. The predicted molar refractivity (Wildman–Crippen MR) is 106 cm³/mol. The Bertz CT molecular complexity index is 856. The average molecular weight is 351 g/mol. The van der Waals surface area contributed by atoms with Crippen molar-refractivity contribution in [1.82, 2.24) is 0 Å². The molecule has 0 bridgehead atoms.